The van der Waals surface area contributed by atoms with Gasteiger partial charge in [-0.25, -0.2) is 14.8 Å². The van der Waals surface area contributed by atoms with Crippen molar-refractivity contribution in [2.24, 2.45) is 0 Å². The lowest BCUT2D eigenvalue weighted by Gasteiger charge is -2.07. The predicted molar refractivity (Wildman–Crippen MR) is 70.7 cm³/mol. The summed E-state index contributed by atoms with van der Waals surface area (Å²) < 4.78 is 1.56. The molecule has 1 N–H and O–H groups in total. The largest absolute Gasteiger partial charge is 0.370 e. The maximum atomic E-state index is 11.6. The highest BCUT2D eigenvalue weighted by molar-refractivity contribution is 5.35. The van der Waals surface area contributed by atoms with Crippen molar-refractivity contribution in [3.8, 4) is 0 Å². The second kappa shape index (κ2) is 5.44. The van der Waals surface area contributed by atoms with Crippen LogP contribution in [0.2, 0.25) is 0 Å². The molecular weight excluding hydrogens is 228 g/mol. The molecule has 0 aromatic carbocycles. The summed E-state index contributed by atoms with van der Waals surface area (Å²) >= 11 is 0. The minimum absolute atomic E-state index is 0.253. The highest BCUT2D eigenvalue weighted by Gasteiger charge is 2.01. The van der Waals surface area contributed by atoms with E-state index in [4.69, 9.17) is 0 Å². The number of nitrogens with zero attached hydrogens (tertiary/aromatic N) is 3. The van der Waals surface area contributed by atoms with Gasteiger partial charge in [-0.15, -0.1) is 0 Å². The van der Waals surface area contributed by atoms with Crippen LogP contribution in [0.4, 0.5) is 5.82 Å². The van der Waals surface area contributed by atoms with Crippen LogP contribution in [0.3, 0.4) is 0 Å². The highest BCUT2D eigenvalue weighted by Crippen LogP contribution is 2.05. The van der Waals surface area contributed by atoms with Crippen molar-refractivity contribution >= 4 is 5.82 Å². The Balaban J connectivity index is 2.25. The first-order valence-corrected chi connectivity index (χ1v) is 5.92. The predicted octanol–water partition coefficient (Wildman–Crippen LogP) is 1.43. The van der Waals surface area contributed by atoms with Gasteiger partial charge >= 0.3 is 5.69 Å². The summed E-state index contributed by atoms with van der Waals surface area (Å²) in [5.74, 6) is 0.823. The van der Waals surface area contributed by atoms with Crippen molar-refractivity contribution in [3.05, 3.63) is 52.3 Å². The van der Waals surface area contributed by atoms with Gasteiger partial charge in [0.25, 0.3) is 0 Å². The average molecular weight is 244 g/mol. The summed E-state index contributed by atoms with van der Waals surface area (Å²) in [6, 6.07) is 5.73. The maximum Gasteiger partial charge on any atom is 0.347 e. The number of rotatable bonds is 4. The molecule has 0 aliphatic heterocycles. The Bertz CT molecular complexity index is 592. The highest BCUT2D eigenvalue weighted by atomic mass is 16.1. The van der Waals surface area contributed by atoms with Crippen molar-refractivity contribution in [2.75, 3.05) is 11.9 Å². The summed E-state index contributed by atoms with van der Waals surface area (Å²) in [5, 5.41) is 3.15. The van der Waals surface area contributed by atoms with Gasteiger partial charge in [-0.3, -0.25) is 4.57 Å². The summed E-state index contributed by atoms with van der Waals surface area (Å²) in [7, 11) is 0. The van der Waals surface area contributed by atoms with Gasteiger partial charge in [0.2, 0.25) is 0 Å². The standard InChI is InChI=1S/C13H16N4O/c1-3-14-12-6-4-5-11(16-12)9-17-8-10(2)7-15-13(17)18/h4-8H,3,9H2,1-2H3,(H,14,16). The van der Waals surface area contributed by atoms with E-state index in [1.165, 1.54) is 0 Å². The number of hydrogen-bond donors (Lipinski definition) is 1. The average Bonchev–Trinajstić information content (AvgIpc) is 2.35. The van der Waals surface area contributed by atoms with E-state index in [0.29, 0.717) is 6.54 Å². The molecule has 0 radical (unpaired) electrons. The Morgan fingerprint density at radius 1 is 1.39 bits per heavy atom. The Morgan fingerprint density at radius 2 is 2.22 bits per heavy atom. The monoisotopic (exact) mass is 244 g/mol. The van der Waals surface area contributed by atoms with Crippen molar-refractivity contribution in [1.82, 2.24) is 14.5 Å². The van der Waals surface area contributed by atoms with Gasteiger partial charge < -0.3 is 5.32 Å². The Morgan fingerprint density at radius 3 is 3.00 bits per heavy atom. The summed E-state index contributed by atoms with van der Waals surface area (Å²) in [5.41, 5.74) is 1.54. The molecule has 5 heteroatoms. The Hall–Kier alpha value is -2.17. The zero-order valence-electron chi connectivity index (χ0n) is 10.6. The zero-order chi connectivity index (χ0) is 13.0. The number of aromatic nitrogens is 3. The van der Waals surface area contributed by atoms with E-state index in [1.54, 1.807) is 17.0 Å². The molecular formula is C13H16N4O. The number of aryl methyl sites for hydroxylation is 1. The lowest BCUT2D eigenvalue weighted by atomic mass is 10.3. The third kappa shape index (κ3) is 2.94. The van der Waals surface area contributed by atoms with Gasteiger partial charge in [-0.1, -0.05) is 6.07 Å². The van der Waals surface area contributed by atoms with Crippen LogP contribution in [0.15, 0.2) is 35.4 Å². The fraction of sp³-hybridized carbons (Fsp3) is 0.308. The maximum absolute atomic E-state index is 11.6. The first-order valence-electron chi connectivity index (χ1n) is 5.92. The summed E-state index contributed by atoms with van der Waals surface area (Å²) in [6.45, 7) is 5.18. The summed E-state index contributed by atoms with van der Waals surface area (Å²) in [6.07, 6.45) is 3.36. The van der Waals surface area contributed by atoms with Gasteiger partial charge in [0, 0.05) is 18.9 Å². The van der Waals surface area contributed by atoms with Crippen molar-refractivity contribution in [1.29, 1.82) is 0 Å². The van der Waals surface area contributed by atoms with Gasteiger partial charge in [-0.05, 0) is 31.5 Å². The van der Waals surface area contributed by atoms with Crippen LogP contribution >= 0.6 is 0 Å². The molecule has 2 aromatic rings. The zero-order valence-corrected chi connectivity index (χ0v) is 10.6. The first kappa shape index (κ1) is 12.3. The second-order valence-corrected chi connectivity index (χ2v) is 4.09. The molecule has 0 saturated heterocycles. The quantitative estimate of drug-likeness (QED) is 0.883. The third-order valence-electron chi connectivity index (χ3n) is 2.48. The third-order valence-corrected chi connectivity index (χ3v) is 2.48. The SMILES string of the molecule is CCNc1cccc(Cn2cc(C)cnc2=O)n1. The van der Waals surface area contributed by atoms with E-state index in [2.05, 4.69) is 15.3 Å². The summed E-state index contributed by atoms with van der Waals surface area (Å²) in [4.78, 5) is 19.8. The van der Waals surface area contributed by atoms with Gasteiger partial charge in [0.05, 0.1) is 12.2 Å². The molecule has 0 unspecified atom stereocenters. The van der Waals surface area contributed by atoms with Crippen LogP contribution in [-0.2, 0) is 6.54 Å². The normalized spacial score (nSPS) is 10.3. The van der Waals surface area contributed by atoms with Crippen LogP contribution in [0.25, 0.3) is 0 Å². The Labute approximate surface area is 106 Å². The molecule has 0 aliphatic carbocycles. The van der Waals surface area contributed by atoms with Gasteiger partial charge in [-0.2, -0.15) is 0 Å². The van der Waals surface area contributed by atoms with E-state index in [-0.39, 0.29) is 5.69 Å². The van der Waals surface area contributed by atoms with Crippen LogP contribution in [0.5, 0.6) is 0 Å². The minimum Gasteiger partial charge on any atom is -0.370 e. The molecule has 94 valence electrons. The topological polar surface area (TPSA) is 59.8 Å². The number of pyridine rings is 1. The molecule has 0 spiro atoms. The smallest absolute Gasteiger partial charge is 0.347 e. The first-order chi connectivity index (χ1) is 8.69. The molecule has 0 amide bonds. The lowest BCUT2D eigenvalue weighted by Crippen LogP contribution is -2.23. The Kier molecular flexibility index (Phi) is 3.72. The van der Waals surface area contributed by atoms with Crippen LogP contribution in [-0.4, -0.2) is 21.1 Å². The van der Waals surface area contributed by atoms with E-state index in [9.17, 15) is 4.79 Å². The molecule has 0 bridgehead atoms. The number of nitrogens with one attached hydrogen (secondary N) is 1. The molecule has 2 aromatic heterocycles. The van der Waals surface area contributed by atoms with Crippen LogP contribution in [0.1, 0.15) is 18.2 Å². The molecule has 0 fully saturated rings. The molecule has 0 saturated carbocycles. The van der Waals surface area contributed by atoms with Crippen molar-refractivity contribution < 1.29 is 0 Å². The molecule has 0 atom stereocenters. The molecule has 2 rings (SSSR count). The van der Waals surface area contributed by atoms with E-state index in [0.717, 1.165) is 23.6 Å². The fourth-order valence-corrected chi connectivity index (χ4v) is 1.70. The second-order valence-electron chi connectivity index (χ2n) is 4.09. The van der Waals surface area contributed by atoms with Crippen LogP contribution in [0, 0.1) is 6.92 Å². The lowest BCUT2D eigenvalue weighted by molar-refractivity contribution is 0.706. The van der Waals surface area contributed by atoms with Gasteiger partial charge in [0.1, 0.15) is 5.82 Å². The van der Waals surface area contributed by atoms with Crippen LogP contribution < -0.4 is 11.0 Å². The van der Waals surface area contributed by atoms with E-state index >= 15 is 0 Å². The number of anilines is 1. The van der Waals surface area contributed by atoms with Crippen molar-refractivity contribution in [2.45, 2.75) is 20.4 Å². The minimum atomic E-state index is -0.253. The number of hydrogen-bond acceptors (Lipinski definition) is 4. The van der Waals surface area contributed by atoms with Crippen molar-refractivity contribution in [3.63, 3.8) is 0 Å². The fourth-order valence-electron chi connectivity index (χ4n) is 1.70. The molecule has 2 heterocycles. The van der Waals surface area contributed by atoms with E-state index in [1.807, 2.05) is 32.0 Å². The molecule has 0 aliphatic rings. The van der Waals surface area contributed by atoms with Gasteiger partial charge in [0.15, 0.2) is 0 Å². The molecule has 5 nitrogen and oxygen atoms in total. The molecule has 18 heavy (non-hydrogen) atoms. The van der Waals surface area contributed by atoms with E-state index < -0.39 is 0 Å².